The predicted octanol–water partition coefficient (Wildman–Crippen LogP) is 6.93. The number of aliphatic hydroxyl groups excluding tert-OH is 1. The summed E-state index contributed by atoms with van der Waals surface area (Å²) in [4.78, 5) is 0.815. The lowest BCUT2D eigenvalue weighted by Crippen LogP contribution is -2.35. The molecular weight excluding hydrogens is 415 g/mol. The molecule has 1 heterocycles. The van der Waals surface area contributed by atoms with Gasteiger partial charge in [-0.3, -0.25) is 4.72 Å². The maximum atomic E-state index is 13.3. The molecule has 2 aliphatic rings. The number of hydrogen-bond acceptors (Lipinski definition) is 4. The van der Waals surface area contributed by atoms with E-state index in [0.717, 1.165) is 35.1 Å². The van der Waals surface area contributed by atoms with Gasteiger partial charge in [-0.2, -0.15) is 13.2 Å². The van der Waals surface area contributed by atoms with E-state index in [0.29, 0.717) is 12.0 Å². The molecule has 1 aliphatic heterocycles. The topological polar surface area (TPSA) is 32.3 Å². The van der Waals surface area contributed by atoms with E-state index in [2.05, 4.69) is 44.5 Å². The molecule has 0 amide bonds. The van der Waals surface area contributed by atoms with Gasteiger partial charge >= 0.3 is 6.18 Å². The highest BCUT2D eigenvalue weighted by molar-refractivity contribution is 8.03. The smallest absolute Gasteiger partial charge is 0.416 e. The van der Waals surface area contributed by atoms with Crippen molar-refractivity contribution in [3.05, 3.63) is 58.8 Å². The Bertz CT molecular complexity index is 765. The Morgan fingerprint density at radius 2 is 2.03 bits per heavy atom. The third-order valence-electron chi connectivity index (χ3n) is 5.69. The zero-order valence-electron chi connectivity index (χ0n) is 17.2. The van der Waals surface area contributed by atoms with Crippen LogP contribution in [0.25, 0.3) is 0 Å². The molecule has 0 aromatic heterocycles. The van der Waals surface area contributed by atoms with E-state index in [9.17, 15) is 18.3 Å². The summed E-state index contributed by atoms with van der Waals surface area (Å²) in [6, 6.07) is 0. The summed E-state index contributed by atoms with van der Waals surface area (Å²) in [6.45, 7) is 14.5. The number of thiol groups is 1. The Morgan fingerprint density at radius 1 is 1.38 bits per heavy atom. The third kappa shape index (κ3) is 5.56. The van der Waals surface area contributed by atoms with Crippen molar-refractivity contribution in [1.29, 1.82) is 0 Å². The summed E-state index contributed by atoms with van der Waals surface area (Å²) < 4.78 is 42.7. The lowest BCUT2D eigenvalue weighted by Gasteiger charge is -2.40. The van der Waals surface area contributed by atoms with E-state index in [1.165, 1.54) is 6.08 Å². The van der Waals surface area contributed by atoms with Gasteiger partial charge in [0.05, 0.1) is 5.57 Å². The van der Waals surface area contributed by atoms with Crippen LogP contribution >= 0.6 is 24.6 Å². The van der Waals surface area contributed by atoms with Crippen LogP contribution in [0.4, 0.5) is 13.2 Å². The van der Waals surface area contributed by atoms with Crippen molar-refractivity contribution in [3.63, 3.8) is 0 Å². The minimum absolute atomic E-state index is 0.0204. The summed E-state index contributed by atoms with van der Waals surface area (Å²) in [7, 11) is 0. The summed E-state index contributed by atoms with van der Waals surface area (Å²) in [6.07, 6.45) is 2.25. The van der Waals surface area contributed by atoms with Gasteiger partial charge in [0.15, 0.2) is 0 Å². The number of nitrogens with one attached hydrogen (secondary N) is 1. The van der Waals surface area contributed by atoms with Crippen LogP contribution in [0, 0.1) is 16.7 Å². The van der Waals surface area contributed by atoms with Crippen LogP contribution in [0.1, 0.15) is 40.0 Å². The molecule has 0 saturated carbocycles. The summed E-state index contributed by atoms with van der Waals surface area (Å²) in [5.41, 5.74) is -0.0588. The molecule has 0 fully saturated rings. The number of hydrogen-bond donors (Lipinski definition) is 3. The van der Waals surface area contributed by atoms with Crippen molar-refractivity contribution < 1.29 is 18.3 Å². The lowest BCUT2D eigenvalue weighted by atomic mass is 9.70. The van der Waals surface area contributed by atoms with E-state index >= 15 is 0 Å². The summed E-state index contributed by atoms with van der Waals surface area (Å²) >= 11 is 5.62. The molecule has 2 nitrogen and oxygen atoms in total. The first-order valence-corrected chi connectivity index (χ1v) is 11.0. The minimum atomic E-state index is -4.41. The molecule has 0 aromatic carbocycles. The zero-order valence-corrected chi connectivity index (χ0v) is 18.9. The molecule has 0 spiro atoms. The maximum Gasteiger partial charge on any atom is 0.416 e. The molecule has 0 aromatic rings. The fraction of sp³-hybridized carbons (Fsp3) is 0.545. The van der Waals surface area contributed by atoms with Gasteiger partial charge in [0.25, 0.3) is 0 Å². The molecule has 2 N–H and O–H groups in total. The van der Waals surface area contributed by atoms with Crippen molar-refractivity contribution >= 4 is 24.6 Å². The van der Waals surface area contributed by atoms with Gasteiger partial charge in [-0.05, 0) is 36.0 Å². The van der Waals surface area contributed by atoms with Gasteiger partial charge in [0, 0.05) is 28.4 Å². The highest BCUT2D eigenvalue weighted by atomic mass is 32.2. The van der Waals surface area contributed by atoms with Crippen molar-refractivity contribution in [2.45, 2.75) is 46.2 Å². The monoisotopic (exact) mass is 445 g/mol. The van der Waals surface area contributed by atoms with Gasteiger partial charge in [0.2, 0.25) is 0 Å². The normalized spacial score (nSPS) is 30.9. The number of allylic oxidation sites excluding steroid dienone is 5. The molecule has 2 atom stereocenters. The number of aliphatic hydroxyl groups is 1. The number of alkyl halides is 3. The first-order valence-electron chi connectivity index (χ1n) is 9.61. The number of rotatable bonds is 4. The standard InChI is InChI=1S/C22H30F3NOS2/c1-14-12-20(3,4)8-6-10-29-19(18(14)15(2)27)21(5)9-7-16(22(23,24)25)11-17(21)13-26-28/h7,9,11,17,26-28H,1-2,6,8,10,12-13H2,3-5H3/b19-18+. The molecular formula is C22H30F3NOS2. The van der Waals surface area contributed by atoms with Crippen molar-refractivity contribution in [2.24, 2.45) is 16.7 Å². The molecule has 2 unspecified atom stereocenters. The second-order valence-electron chi connectivity index (χ2n) is 8.75. The molecule has 29 heavy (non-hydrogen) atoms. The zero-order chi connectivity index (χ0) is 22.0. The first kappa shape index (κ1) is 24.2. The van der Waals surface area contributed by atoms with E-state index in [-0.39, 0.29) is 17.7 Å². The molecule has 2 rings (SSSR count). The lowest BCUT2D eigenvalue weighted by molar-refractivity contribution is -0.0892. The average Bonchev–Trinajstić information content (AvgIpc) is 2.62. The maximum absolute atomic E-state index is 13.3. The molecule has 0 bridgehead atoms. The fourth-order valence-corrected chi connectivity index (χ4v) is 5.73. The molecule has 0 saturated heterocycles. The quantitative estimate of drug-likeness (QED) is 0.324. The van der Waals surface area contributed by atoms with Crippen LogP contribution in [0.15, 0.2) is 58.8 Å². The molecule has 1 aliphatic carbocycles. The molecule has 0 radical (unpaired) electrons. The van der Waals surface area contributed by atoms with Crippen molar-refractivity contribution in [3.8, 4) is 0 Å². The van der Waals surface area contributed by atoms with Crippen LogP contribution in [0.5, 0.6) is 0 Å². The SMILES string of the molecule is C=C(O)/C1=C(\C2(C)C=CC(C(F)(F)F)=CC2CNS)SCCCC(C)(C)CC1=C. The Labute approximate surface area is 181 Å². The largest absolute Gasteiger partial charge is 0.508 e. The Hall–Kier alpha value is -1.05. The van der Waals surface area contributed by atoms with Crippen molar-refractivity contribution in [2.75, 3.05) is 12.3 Å². The van der Waals surface area contributed by atoms with Gasteiger partial charge in [0.1, 0.15) is 5.76 Å². The summed E-state index contributed by atoms with van der Waals surface area (Å²) in [5.74, 6) is 0.219. The van der Waals surface area contributed by atoms with Gasteiger partial charge in [-0.15, -0.1) is 11.8 Å². The van der Waals surface area contributed by atoms with Gasteiger partial charge < -0.3 is 5.11 Å². The number of halogens is 3. The highest BCUT2D eigenvalue weighted by Gasteiger charge is 2.43. The second-order valence-corrected chi connectivity index (χ2v) is 10.2. The Balaban J connectivity index is 2.64. The van der Waals surface area contributed by atoms with E-state index in [1.54, 1.807) is 17.8 Å². The fourth-order valence-electron chi connectivity index (χ4n) is 4.11. The minimum Gasteiger partial charge on any atom is -0.508 e. The van der Waals surface area contributed by atoms with Gasteiger partial charge in [-0.25, -0.2) is 0 Å². The third-order valence-corrected chi connectivity index (χ3v) is 7.30. The average molecular weight is 446 g/mol. The van der Waals surface area contributed by atoms with Gasteiger partial charge in [-0.1, -0.05) is 65.0 Å². The van der Waals surface area contributed by atoms with Crippen LogP contribution in [0.3, 0.4) is 0 Å². The van der Waals surface area contributed by atoms with Crippen molar-refractivity contribution in [1.82, 2.24) is 4.72 Å². The Kier molecular flexibility index (Phi) is 7.50. The first-order chi connectivity index (χ1) is 13.3. The van der Waals surface area contributed by atoms with Crippen LogP contribution in [-0.4, -0.2) is 23.6 Å². The van der Waals surface area contributed by atoms with Crippen LogP contribution in [-0.2, 0) is 0 Å². The highest BCUT2D eigenvalue weighted by Crippen LogP contribution is 2.52. The van der Waals surface area contributed by atoms with E-state index < -0.39 is 23.1 Å². The Morgan fingerprint density at radius 3 is 2.59 bits per heavy atom. The molecule has 7 heteroatoms. The second kappa shape index (κ2) is 8.98. The molecule has 162 valence electrons. The number of thioether (sulfide) groups is 1. The van der Waals surface area contributed by atoms with Crippen LogP contribution in [0.2, 0.25) is 0 Å². The van der Waals surface area contributed by atoms with E-state index in [4.69, 9.17) is 0 Å². The summed E-state index contributed by atoms with van der Waals surface area (Å²) in [5, 5.41) is 10.5. The predicted molar refractivity (Wildman–Crippen MR) is 120 cm³/mol. The van der Waals surface area contributed by atoms with E-state index in [1.807, 2.05) is 6.92 Å². The van der Waals surface area contributed by atoms with Crippen LogP contribution < -0.4 is 4.72 Å².